The Labute approximate surface area is 119 Å². The lowest BCUT2D eigenvalue weighted by molar-refractivity contribution is 0.282. The molecule has 96 valence electrons. The maximum Gasteiger partial charge on any atom is 0.0738 e. The quantitative estimate of drug-likeness (QED) is 0.876. The van der Waals surface area contributed by atoms with Gasteiger partial charge in [0.15, 0.2) is 0 Å². The predicted molar refractivity (Wildman–Crippen MR) is 77.6 cm³/mol. The van der Waals surface area contributed by atoms with Gasteiger partial charge < -0.3 is 5.11 Å². The number of aromatic nitrogens is 2. The van der Waals surface area contributed by atoms with Crippen molar-refractivity contribution >= 4 is 27.7 Å². The maximum atomic E-state index is 8.99. The van der Waals surface area contributed by atoms with E-state index in [1.54, 1.807) is 11.8 Å². The van der Waals surface area contributed by atoms with Crippen LogP contribution >= 0.6 is 27.7 Å². The van der Waals surface area contributed by atoms with E-state index in [-0.39, 0.29) is 6.61 Å². The van der Waals surface area contributed by atoms with E-state index in [0.29, 0.717) is 0 Å². The van der Waals surface area contributed by atoms with Gasteiger partial charge in [0.1, 0.15) is 0 Å². The Morgan fingerprint density at radius 3 is 2.50 bits per heavy atom. The number of hydrogen-bond donors (Lipinski definition) is 1. The van der Waals surface area contributed by atoms with E-state index in [1.165, 1.54) is 10.6 Å². The minimum absolute atomic E-state index is 0.0947. The highest BCUT2D eigenvalue weighted by atomic mass is 79.9. The largest absolute Gasteiger partial charge is 0.392 e. The third-order valence-electron chi connectivity index (χ3n) is 2.74. The Kier molecular flexibility index (Phi) is 4.48. The third-order valence-corrected chi connectivity index (χ3v) is 4.80. The SMILES string of the molecule is Cc1nn(C)c(CSc2ccc(CO)cc2)c1Br. The summed E-state index contributed by atoms with van der Waals surface area (Å²) in [5.41, 5.74) is 3.14. The topological polar surface area (TPSA) is 38.0 Å². The van der Waals surface area contributed by atoms with Gasteiger partial charge in [-0.25, -0.2) is 0 Å². The molecule has 0 amide bonds. The molecule has 0 fully saturated rings. The van der Waals surface area contributed by atoms with Crippen LogP contribution in [0.25, 0.3) is 0 Å². The van der Waals surface area contributed by atoms with E-state index < -0.39 is 0 Å². The monoisotopic (exact) mass is 326 g/mol. The first kappa shape index (κ1) is 13.6. The summed E-state index contributed by atoms with van der Waals surface area (Å²) in [6.07, 6.45) is 0. The van der Waals surface area contributed by atoms with Crippen molar-refractivity contribution in [2.24, 2.45) is 7.05 Å². The second-order valence-corrected chi connectivity index (χ2v) is 5.90. The standard InChI is InChI=1S/C13H15BrN2OS/c1-9-13(14)12(16(2)15-9)8-18-11-5-3-10(7-17)4-6-11/h3-6,17H,7-8H2,1-2H3. The van der Waals surface area contributed by atoms with Crippen LogP contribution in [0.4, 0.5) is 0 Å². The molecule has 0 unspecified atom stereocenters. The van der Waals surface area contributed by atoms with E-state index in [1.807, 2.05) is 42.9 Å². The summed E-state index contributed by atoms with van der Waals surface area (Å²) in [5, 5.41) is 13.4. The molecular weight excluding hydrogens is 312 g/mol. The molecule has 0 aliphatic rings. The Bertz CT molecular complexity index is 537. The van der Waals surface area contributed by atoms with Crippen molar-refractivity contribution in [3.63, 3.8) is 0 Å². The third kappa shape index (κ3) is 2.96. The van der Waals surface area contributed by atoms with Gasteiger partial charge in [-0.2, -0.15) is 5.10 Å². The van der Waals surface area contributed by atoms with Crippen molar-refractivity contribution in [1.82, 2.24) is 9.78 Å². The predicted octanol–water partition coefficient (Wildman–Crippen LogP) is 3.28. The highest BCUT2D eigenvalue weighted by Crippen LogP contribution is 2.28. The maximum absolute atomic E-state index is 8.99. The number of hydrogen-bond acceptors (Lipinski definition) is 3. The number of nitrogens with zero attached hydrogens (tertiary/aromatic N) is 2. The molecule has 1 aromatic carbocycles. The lowest BCUT2D eigenvalue weighted by Crippen LogP contribution is -1.96. The Morgan fingerprint density at radius 1 is 1.33 bits per heavy atom. The lowest BCUT2D eigenvalue weighted by Gasteiger charge is -2.04. The number of aliphatic hydroxyl groups excluding tert-OH is 1. The average molecular weight is 327 g/mol. The fraction of sp³-hybridized carbons (Fsp3) is 0.308. The molecule has 5 heteroatoms. The Balaban J connectivity index is 2.06. The van der Waals surface area contributed by atoms with Crippen LogP contribution in [0.1, 0.15) is 17.0 Å². The number of halogens is 1. The van der Waals surface area contributed by atoms with Crippen LogP contribution in [0.3, 0.4) is 0 Å². The first-order valence-electron chi connectivity index (χ1n) is 5.62. The molecule has 18 heavy (non-hydrogen) atoms. The number of rotatable bonds is 4. The zero-order valence-corrected chi connectivity index (χ0v) is 12.8. The van der Waals surface area contributed by atoms with Gasteiger partial charge in [-0.05, 0) is 40.5 Å². The summed E-state index contributed by atoms with van der Waals surface area (Å²) in [4.78, 5) is 1.19. The van der Waals surface area contributed by atoms with Gasteiger partial charge in [-0.1, -0.05) is 12.1 Å². The number of aliphatic hydroxyl groups is 1. The van der Waals surface area contributed by atoms with Crippen LogP contribution in [-0.4, -0.2) is 14.9 Å². The summed E-state index contributed by atoms with van der Waals surface area (Å²) >= 11 is 5.33. The summed E-state index contributed by atoms with van der Waals surface area (Å²) in [7, 11) is 1.96. The molecule has 0 bridgehead atoms. The minimum atomic E-state index is 0.0947. The van der Waals surface area contributed by atoms with E-state index in [9.17, 15) is 0 Å². The normalized spacial score (nSPS) is 10.9. The van der Waals surface area contributed by atoms with E-state index >= 15 is 0 Å². The summed E-state index contributed by atoms with van der Waals surface area (Å²) < 4.78 is 3.00. The molecule has 0 aliphatic carbocycles. The van der Waals surface area contributed by atoms with Gasteiger partial charge in [0.2, 0.25) is 0 Å². The summed E-state index contributed by atoms with van der Waals surface area (Å²) in [6, 6.07) is 7.97. The zero-order chi connectivity index (χ0) is 13.1. The van der Waals surface area contributed by atoms with E-state index in [2.05, 4.69) is 21.0 Å². The smallest absolute Gasteiger partial charge is 0.0738 e. The highest BCUT2D eigenvalue weighted by Gasteiger charge is 2.10. The molecular formula is C13H15BrN2OS. The molecule has 0 saturated carbocycles. The first-order valence-corrected chi connectivity index (χ1v) is 7.40. The van der Waals surface area contributed by atoms with Crippen LogP contribution in [-0.2, 0) is 19.4 Å². The second-order valence-electron chi connectivity index (χ2n) is 4.06. The van der Waals surface area contributed by atoms with Crippen LogP contribution in [0.15, 0.2) is 33.6 Å². The van der Waals surface area contributed by atoms with Gasteiger partial charge in [0.25, 0.3) is 0 Å². The molecule has 1 aromatic heterocycles. The van der Waals surface area contributed by atoms with E-state index in [4.69, 9.17) is 5.11 Å². The summed E-state index contributed by atoms with van der Waals surface area (Å²) in [6.45, 7) is 2.09. The van der Waals surface area contributed by atoms with Gasteiger partial charge in [0, 0.05) is 17.7 Å². The van der Waals surface area contributed by atoms with Gasteiger partial charge >= 0.3 is 0 Å². The van der Waals surface area contributed by atoms with Crippen LogP contribution in [0.2, 0.25) is 0 Å². The zero-order valence-electron chi connectivity index (χ0n) is 10.4. The van der Waals surface area contributed by atoms with Gasteiger partial charge in [-0.15, -0.1) is 11.8 Å². The van der Waals surface area contributed by atoms with Crippen molar-refractivity contribution in [2.75, 3.05) is 0 Å². The van der Waals surface area contributed by atoms with Crippen LogP contribution in [0.5, 0.6) is 0 Å². The molecule has 0 spiro atoms. The Hall–Kier alpha value is -0.780. The molecule has 0 atom stereocenters. The molecule has 2 rings (SSSR count). The molecule has 0 radical (unpaired) electrons. The summed E-state index contributed by atoms with van der Waals surface area (Å²) in [5.74, 6) is 0.871. The van der Waals surface area contributed by atoms with Gasteiger partial charge in [-0.3, -0.25) is 4.68 Å². The molecule has 0 saturated heterocycles. The van der Waals surface area contributed by atoms with Crippen molar-refractivity contribution in [3.05, 3.63) is 45.7 Å². The molecule has 1 N–H and O–H groups in total. The van der Waals surface area contributed by atoms with Crippen LogP contribution < -0.4 is 0 Å². The molecule has 3 nitrogen and oxygen atoms in total. The fourth-order valence-corrected chi connectivity index (χ4v) is 3.30. The van der Waals surface area contributed by atoms with Crippen molar-refractivity contribution in [2.45, 2.75) is 24.2 Å². The Morgan fingerprint density at radius 2 is 2.00 bits per heavy atom. The second kappa shape index (κ2) is 5.91. The van der Waals surface area contributed by atoms with Crippen molar-refractivity contribution < 1.29 is 5.11 Å². The molecule has 1 heterocycles. The van der Waals surface area contributed by atoms with Crippen molar-refractivity contribution in [1.29, 1.82) is 0 Å². The lowest BCUT2D eigenvalue weighted by atomic mass is 10.2. The molecule has 2 aromatic rings. The molecule has 0 aliphatic heterocycles. The van der Waals surface area contributed by atoms with Crippen LogP contribution in [0, 0.1) is 6.92 Å². The fourth-order valence-electron chi connectivity index (χ4n) is 1.68. The van der Waals surface area contributed by atoms with E-state index in [0.717, 1.165) is 21.5 Å². The first-order chi connectivity index (χ1) is 8.61. The van der Waals surface area contributed by atoms with Crippen molar-refractivity contribution in [3.8, 4) is 0 Å². The number of thioether (sulfide) groups is 1. The number of aryl methyl sites for hydroxylation is 2. The minimum Gasteiger partial charge on any atom is -0.392 e. The number of benzene rings is 1. The average Bonchev–Trinajstić information content (AvgIpc) is 2.62. The van der Waals surface area contributed by atoms with Gasteiger partial charge in [0.05, 0.1) is 22.5 Å². The highest BCUT2D eigenvalue weighted by molar-refractivity contribution is 9.10.